The highest BCUT2D eigenvalue weighted by Gasteiger charge is 2.36. The van der Waals surface area contributed by atoms with Crippen molar-refractivity contribution in [3.63, 3.8) is 0 Å². The summed E-state index contributed by atoms with van der Waals surface area (Å²) in [6.45, 7) is 2.89. The Morgan fingerprint density at radius 3 is 2.59 bits per heavy atom. The van der Waals surface area contributed by atoms with Gasteiger partial charge in [0, 0.05) is 25.2 Å². The molecular formula is C13H15ClN2O. The quantitative estimate of drug-likeness (QED) is 0.733. The summed E-state index contributed by atoms with van der Waals surface area (Å²) in [6.07, 6.45) is 1.27. The maximum Gasteiger partial charge on any atom is 0.251 e. The lowest BCUT2D eigenvalue weighted by molar-refractivity contribution is 0.0965. The number of fused-ring (bicyclic) bond motifs is 6. The van der Waals surface area contributed by atoms with Crippen molar-refractivity contribution in [1.82, 2.24) is 10.6 Å². The summed E-state index contributed by atoms with van der Waals surface area (Å²) in [7, 11) is 0. The van der Waals surface area contributed by atoms with Gasteiger partial charge in [-0.15, -0.1) is 12.4 Å². The summed E-state index contributed by atoms with van der Waals surface area (Å²) in [5, 5.41) is 6.38. The average molecular weight is 251 g/mol. The normalized spacial score (nSPS) is 28.1. The number of hydrogen-bond acceptors (Lipinski definition) is 2. The minimum Gasteiger partial charge on any atom is -0.348 e. The zero-order valence-electron chi connectivity index (χ0n) is 9.45. The summed E-state index contributed by atoms with van der Waals surface area (Å²) in [4.78, 5) is 11.6. The van der Waals surface area contributed by atoms with Crippen molar-refractivity contribution in [2.24, 2.45) is 0 Å². The molecule has 17 heavy (non-hydrogen) atoms. The van der Waals surface area contributed by atoms with Gasteiger partial charge in [0.1, 0.15) is 0 Å². The third-order valence-electron chi connectivity index (χ3n) is 4.22. The topological polar surface area (TPSA) is 41.1 Å². The first kappa shape index (κ1) is 11.1. The monoisotopic (exact) mass is 250 g/mol. The number of piperidine rings is 1. The van der Waals surface area contributed by atoms with Crippen LogP contribution < -0.4 is 10.6 Å². The summed E-state index contributed by atoms with van der Waals surface area (Å²) in [5.74, 6) is 1.41. The van der Waals surface area contributed by atoms with E-state index in [-0.39, 0.29) is 18.3 Å². The Kier molecular flexibility index (Phi) is 2.42. The van der Waals surface area contributed by atoms with Crippen molar-refractivity contribution in [3.8, 4) is 0 Å². The van der Waals surface area contributed by atoms with Gasteiger partial charge in [-0.2, -0.15) is 0 Å². The smallest absolute Gasteiger partial charge is 0.251 e. The van der Waals surface area contributed by atoms with Gasteiger partial charge in [0.25, 0.3) is 5.91 Å². The number of halogens is 1. The van der Waals surface area contributed by atoms with Crippen LogP contribution in [0.1, 0.15) is 45.3 Å². The van der Waals surface area contributed by atoms with Gasteiger partial charge in [-0.3, -0.25) is 4.79 Å². The Bertz CT molecular complexity index is 500. The molecule has 0 aromatic heterocycles. The van der Waals surface area contributed by atoms with Crippen molar-refractivity contribution in [3.05, 3.63) is 34.4 Å². The SMILES string of the molecule is Cl.O=C1NCc2cc3c(cc21)C1CNCC3C1. The molecule has 1 saturated heterocycles. The third-order valence-corrected chi connectivity index (χ3v) is 4.22. The molecule has 2 aliphatic heterocycles. The second-order valence-corrected chi connectivity index (χ2v) is 5.11. The van der Waals surface area contributed by atoms with Crippen LogP contribution in [0.3, 0.4) is 0 Å². The fourth-order valence-electron chi connectivity index (χ4n) is 3.43. The number of benzene rings is 1. The van der Waals surface area contributed by atoms with E-state index in [0.717, 1.165) is 18.7 Å². The Labute approximate surface area is 106 Å². The van der Waals surface area contributed by atoms with Crippen LogP contribution in [0, 0.1) is 0 Å². The van der Waals surface area contributed by atoms with E-state index in [0.29, 0.717) is 18.4 Å². The summed E-state index contributed by atoms with van der Waals surface area (Å²) in [6, 6.07) is 4.41. The standard InChI is InChI=1S/C13H14N2O.ClH/c16-13-12-3-11-8-1-7(4-14-5-8)10(11)2-9(12)6-15-13;/h2-3,7-8,14H,1,4-6H2,(H,15,16);1H. The number of hydrogen-bond donors (Lipinski definition) is 2. The van der Waals surface area contributed by atoms with Crippen LogP contribution in [0.2, 0.25) is 0 Å². The molecule has 1 amide bonds. The minimum absolute atomic E-state index is 0. The van der Waals surface area contributed by atoms with Gasteiger partial charge in [0.05, 0.1) is 0 Å². The molecule has 2 bridgehead atoms. The zero-order chi connectivity index (χ0) is 10.7. The third kappa shape index (κ3) is 1.42. The first-order chi connectivity index (χ1) is 7.83. The van der Waals surface area contributed by atoms with Crippen LogP contribution in [0.15, 0.2) is 12.1 Å². The van der Waals surface area contributed by atoms with Gasteiger partial charge in [0.2, 0.25) is 0 Å². The van der Waals surface area contributed by atoms with E-state index in [9.17, 15) is 4.79 Å². The number of carbonyl (C=O) groups excluding carboxylic acids is 1. The summed E-state index contributed by atoms with van der Waals surface area (Å²) in [5.41, 5.74) is 5.01. The lowest BCUT2D eigenvalue weighted by atomic mass is 9.97. The second-order valence-electron chi connectivity index (χ2n) is 5.11. The molecule has 2 atom stereocenters. The maximum absolute atomic E-state index is 11.6. The molecule has 3 nitrogen and oxygen atoms in total. The van der Waals surface area contributed by atoms with Crippen LogP contribution in [0.5, 0.6) is 0 Å². The van der Waals surface area contributed by atoms with Crippen LogP contribution in [-0.2, 0) is 6.54 Å². The fraction of sp³-hybridized carbons (Fsp3) is 0.462. The molecule has 4 heteroatoms. The molecule has 0 radical (unpaired) electrons. The van der Waals surface area contributed by atoms with E-state index in [1.54, 1.807) is 0 Å². The highest BCUT2D eigenvalue weighted by atomic mass is 35.5. The average Bonchev–Trinajstić information content (AvgIpc) is 2.79. The van der Waals surface area contributed by atoms with Crippen LogP contribution in [0.25, 0.3) is 0 Å². The predicted octanol–water partition coefficient (Wildman–Crippen LogP) is 1.53. The first-order valence-electron chi connectivity index (χ1n) is 5.98. The van der Waals surface area contributed by atoms with Crippen molar-refractivity contribution in [2.75, 3.05) is 13.1 Å². The molecule has 1 aliphatic carbocycles. The van der Waals surface area contributed by atoms with Gasteiger partial charge >= 0.3 is 0 Å². The molecule has 90 valence electrons. The zero-order valence-corrected chi connectivity index (χ0v) is 10.3. The molecule has 0 spiro atoms. The van der Waals surface area contributed by atoms with Crippen LogP contribution in [0.4, 0.5) is 0 Å². The summed E-state index contributed by atoms with van der Waals surface area (Å²) >= 11 is 0. The molecule has 2 unspecified atom stereocenters. The molecule has 3 aliphatic rings. The lowest BCUT2D eigenvalue weighted by Gasteiger charge is -2.19. The molecule has 2 N–H and O–H groups in total. The Balaban J connectivity index is 0.000000902. The summed E-state index contributed by atoms with van der Waals surface area (Å²) < 4.78 is 0. The second kappa shape index (κ2) is 3.72. The number of carbonyl (C=O) groups is 1. The molecule has 4 rings (SSSR count). The Hall–Kier alpha value is -1.06. The molecule has 1 aromatic rings. The van der Waals surface area contributed by atoms with E-state index in [2.05, 4.69) is 22.8 Å². The maximum atomic E-state index is 11.6. The van der Waals surface area contributed by atoms with Gasteiger partial charge in [-0.05, 0) is 41.0 Å². The number of nitrogens with one attached hydrogen (secondary N) is 2. The van der Waals surface area contributed by atoms with Gasteiger partial charge in [-0.1, -0.05) is 6.07 Å². The van der Waals surface area contributed by atoms with E-state index in [1.165, 1.54) is 23.1 Å². The first-order valence-corrected chi connectivity index (χ1v) is 5.98. The molecule has 1 aromatic carbocycles. The van der Waals surface area contributed by atoms with Gasteiger partial charge < -0.3 is 10.6 Å². The fourth-order valence-corrected chi connectivity index (χ4v) is 3.43. The number of rotatable bonds is 0. The Morgan fingerprint density at radius 1 is 1.12 bits per heavy atom. The highest BCUT2D eigenvalue weighted by molar-refractivity contribution is 5.98. The van der Waals surface area contributed by atoms with E-state index < -0.39 is 0 Å². The molecule has 0 saturated carbocycles. The van der Waals surface area contributed by atoms with Crippen LogP contribution >= 0.6 is 12.4 Å². The van der Waals surface area contributed by atoms with Crippen molar-refractivity contribution in [1.29, 1.82) is 0 Å². The van der Waals surface area contributed by atoms with Crippen molar-refractivity contribution < 1.29 is 4.79 Å². The van der Waals surface area contributed by atoms with Crippen LogP contribution in [-0.4, -0.2) is 19.0 Å². The molecular weight excluding hydrogens is 236 g/mol. The number of amides is 1. The van der Waals surface area contributed by atoms with Crippen molar-refractivity contribution in [2.45, 2.75) is 24.8 Å². The minimum atomic E-state index is 0. The largest absolute Gasteiger partial charge is 0.348 e. The predicted molar refractivity (Wildman–Crippen MR) is 67.8 cm³/mol. The van der Waals surface area contributed by atoms with E-state index >= 15 is 0 Å². The molecule has 2 heterocycles. The van der Waals surface area contributed by atoms with Gasteiger partial charge in [0.15, 0.2) is 0 Å². The van der Waals surface area contributed by atoms with E-state index in [1.807, 2.05) is 0 Å². The van der Waals surface area contributed by atoms with E-state index in [4.69, 9.17) is 0 Å². The highest BCUT2D eigenvalue weighted by Crippen LogP contribution is 2.44. The lowest BCUT2D eigenvalue weighted by Crippen LogP contribution is -2.28. The molecule has 1 fully saturated rings. The van der Waals surface area contributed by atoms with Gasteiger partial charge in [-0.25, -0.2) is 0 Å². The Morgan fingerprint density at radius 2 is 1.82 bits per heavy atom. The van der Waals surface area contributed by atoms with Crippen molar-refractivity contribution >= 4 is 18.3 Å².